The molecule has 1 amide bonds. The second-order valence-corrected chi connectivity index (χ2v) is 8.13. The molecule has 1 aliphatic heterocycles. The van der Waals surface area contributed by atoms with E-state index in [0.717, 1.165) is 18.1 Å². The highest BCUT2D eigenvalue weighted by atomic mass is 19.1. The van der Waals surface area contributed by atoms with E-state index in [1.54, 1.807) is 12.1 Å². The van der Waals surface area contributed by atoms with Crippen molar-refractivity contribution in [3.63, 3.8) is 0 Å². The van der Waals surface area contributed by atoms with Gasteiger partial charge in [-0.2, -0.15) is 0 Å². The highest BCUT2D eigenvalue weighted by Gasteiger charge is 2.37. The highest BCUT2D eigenvalue weighted by Crippen LogP contribution is 2.46. The van der Waals surface area contributed by atoms with Crippen molar-refractivity contribution in [3.05, 3.63) is 59.4 Å². The van der Waals surface area contributed by atoms with Crippen molar-refractivity contribution < 1.29 is 27.4 Å². The average molecular weight is 430 g/mol. The monoisotopic (exact) mass is 430 g/mol. The zero-order valence-electron chi connectivity index (χ0n) is 16.6. The van der Waals surface area contributed by atoms with Gasteiger partial charge in [0.1, 0.15) is 23.6 Å². The van der Waals surface area contributed by atoms with Crippen LogP contribution in [0.1, 0.15) is 30.7 Å². The minimum Gasteiger partial charge on any atom is -0.446 e. The van der Waals surface area contributed by atoms with E-state index in [1.165, 1.54) is 18.2 Å². The van der Waals surface area contributed by atoms with Crippen LogP contribution < -0.4 is 5.32 Å². The van der Waals surface area contributed by atoms with Crippen LogP contribution >= 0.6 is 0 Å². The van der Waals surface area contributed by atoms with Gasteiger partial charge in [0.2, 0.25) is 0 Å². The fourth-order valence-electron chi connectivity index (χ4n) is 4.41. The molecule has 1 saturated carbocycles. The third-order valence-electron chi connectivity index (χ3n) is 6.03. The number of ether oxygens (including phenoxy) is 2. The molecular weight excluding hydrogens is 409 g/mol. The summed E-state index contributed by atoms with van der Waals surface area (Å²) in [7, 11) is 0. The number of amides is 1. The van der Waals surface area contributed by atoms with Gasteiger partial charge in [-0.25, -0.2) is 18.0 Å². The molecule has 0 radical (unpaired) electrons. The van der Waals surface area contributed by atoms with Gasteiger partial charge in [-0.15, -0.1) is 0 Å². The standard InChI is InChI=1S/C23H21F3N2O3/c24-14-3-1-12(2-4-14)21-20(18-9-15(25)10-19(26)22(18)28-21)13-7-17(8-13)31-23(29)27-16-5-6-30-11-16/h1-4,9-10,13,16-17,28H,5-8,11H2,(H,27,29)/t13?,16-,17?/m0/s1. The quantitative estimate of drug-likeness (QED) is 0.612. The lowest BCUT2D eigenvalue weighted by molar-refractivity contribution is 0.0377. The summed E-state index contributed by atoms with van der Waals surface area (Å²) >= 11 is 0. The molecule has 0 unspecified atom stereocenters. The van der Waals surface area contributed by atoms with E-state index in [4.69, 9.17) is 9.47 Å². The Morgan fingerprint density at radius 3 is 2.58 bits per heavy atom. The molecule has 2 fully saturated rings. The summed E-state index contributed by atoms with van der Waals surface area (Å²) in [5, 5.41) is 3.24. The van der Waals surface area contributed by atoms with Gasteiger partial charge in [-0.05, 0) is 66.6 Å². The van der Waals surface area contributed by atoms with Crippen molar-refractivity contribution in [1.82, 2.24) is 10.3 Å². The molecule has 1 saturated heterocycles. The van der Waals surface area contributed by atoms with E-state index in [0.29, 0.717) is 42.7 Å². The maximum absolute atomic E-state index is 14.4. The van der Waals surface area contributed by atoms with Crippen LogP contribution in [0.5, 0.6) is 0 Å². The van der Waals surface area contributed by atoms with E-state index >= 15 is 0 Å². The normalized spacial score (nSPS) is 23.0. The largest absolute Gasteiger partial charge is 0.446 e. The minimum atomic E-state index is -0.685. The number of halogens is 3. The Balaban J connectivity index is 1.39. The smallest absolute Gasteiger partial charge is 0.407 e. The van der Waals surface area contributed by atoms with E-state index in [-0.39, 0.29) is 29.4 Å². The van der Waals surface area contributed by atoms with Gasteiger partial charge in [0.15, 0.2) is 0 Å². The number of hydrogen-bond donors (Lipinski definition) is 2. The number of fused-ring (bicyclic) bond motifs is 1. The van der Waals surface area contributed by atoms with Crippen LogP contribution in [0.3, 0.4) is 0 Å². The number of H-pyrrole nitrogens is 1. The van der Waals surface area contributed by atoms with Gasteiger partial charge in [-0.3, -0.25) is 0 Å². The number of nitrogens with one attached hydrogen (secondary N) is 2. The summed E-state index contributed by atoms with van der Waals surface area (Å²) in [6.07, 6.45) is 1.07. The van der Waals surface area contributed by atoms with Gasteiger partial charge >= 0.3 is 6.09 Å². The fourth-order valence-corrected chi connectivity index (χ4v) is 4.41. The number of carbonyl (C=O) groups is 1. The summed E-state index contributed by atoms with van der Waals surface area (Å²) in [5.41, 5.74) is 2.26. The summed E-state index contributed by atoms with van der Waals surface area (Å²) in [4.78, 5) is 15.1. The van der Waals surface area contributed by atoms with Gasteiger partial charge in [0, 0.05) is 18.1 Å². The third-order valence-corrected chi connectivity index (χ3v) is 6.03. The lowest BCUT2D eigenvalue weighted by atomic mass is 9.75. The van der Waals surface area contributed by atoms with Crippen LogP contribution in [0, 0.1) is 17.5 Å². The number of aromatic nitrogens is 1. The SMILES string of the molecule is O=C(N[C@H]1CCOC1)OC1CC(c2c(-c3ccc(F)cc3)[nH]c3c(F)cc(F)cc23)C1. The summed E-state index contributed by atoms with van der Waals surface area (Å²) in [5.74, 6) is -1.78. The van der Waals surface area contributed by atoms with Crippen molar-refractivity contribution in [1.29, 1.82) is 0 Å². The fraction of sp³-hybridized carbons (Fsp3) is 0.348. The number of benzene rings is 2. The molecule has 31 heavy (non-hydrogen) atoms. The molecule has 8 heteroatoms. The van der Waals surface area contributed by atoms with Crippen LogP contribution in [0.15, 0.2) is 36.4 Å². The van der Waals surface area contributed by atoms with Gasteiger partial charge in [0.05, 0.1) is 23.9 Å². The lowest BCUT2D eigenvalue weighted by Crippen LogP contribution is -2.40. The molecule has 2 aromatic carbocycles. The second-order valence-electron chi connectivity index (χ2n) is 8.13. The Kier molecular flexibility index (Phi) is 5.09. The van der Waals surface area contributed by atoms with Gasteiger partial charge in [0.25, 0.3) is 0 Å². The topological polar surface area (TPSA) is 63.4 Å². The molecule has 5 rings (SSSR count). The Bertz CT molecular complexity index is 1120. The number of carbonyl (C=O) groups excluding carboxylic acids is 1. The van der Waals surface area contributed by atoms with Crippen molar-refractivity contribution >= 4 is 17.0 Å². The first-order chi connectivity index (χ1) is 15.0. The maximum Gasteiger partial charge on any atom is 0.407 e. The van der Waals surface area contributed by atoms with Crippen LogP contribution in [-0.2, 0) is 9.47 Å². The lowest BCUT2D eigenvalue weighted by Gasteiger charge is -2.35. The Hall–Kier alpha value is -3.00. The Morgan fingerprint density at radius 2 is 1.87 bits per heavy atom. The van der Waals surface area contributed by atoms with Crippen molar-refractivity contribution in [2.24, 2.45) is 0 Å². The summed E-state index contributed by atoms with van der Waals surface area (Å²) < 4.78 is 52.5. The molecule has 5 nitrogen and oxygen atoms in total. The Labute approximate surface area is 176 Å². The van der Waals surface area contributed by atoms with E-state index in [9.17, 15) is 18.0 Å². The van der Waals surface area contributed by atoms with Crippen molar-refractivity contribution in [2.45, 2.75) is 37.3 Å². The molecule has 1 aliphatic carbocycles. The highest BCUT2D eigenvalue weighted by molar-refractivity contribution is 5.92. The molecule has 3 aromatic rings. The van der Waals surface area contributed by atoms with Crippen LogP contribution in [0.2, 0.25) is 0 Å². The van der Waals surface area contributed by atoms with E-state index < -0.39 is 17.7 Å². The van der Waals surface area contributed by atoms with Crippen LogP contribution in [0.4, 0.5) is 18.0 Å². The molecular formula is C23H21F3N2O3. The Morgan fingerprint density at radius 1 is 1.10 bits per heavy atom. The molecule has 1 atom stereocenters. The predicted octanol–water partition coefficient (Wildman–Crippen LogP) is 5.01. The van der Waals surface area contributed by atoms with Crippen LogP contribution in [0.25, 0.3) is 22.2 Å². The van der Waals surface area contributed by atoms with Crippen molar-refractivity contribution in [3.8, 4) is 11.3 Å². The minimum absolute atomic E-state index is 0.0342. The number of rotatable bonds is 4. The molecule has 0 bridgehead atoms. The third kappa shape index (κ3) is 3.87. The maximum atomic E-state index is 14.4. The first-order valence-corrected chi connectivity index (χ1v) is 10.3. The second kappa shape index (κ2) is 7.92. The van der Waals surface area contributed by atoms with E-state index in [2.05, 4.69) is 10.3 Å². The molecule has 1 aromatic heterocycles. The van der Waals surface area contributed by atoms with Gasteiger partial charge < -0.3 is 19.8 Å². The molecule has 2 heterocycles. The average Bonchev–Trinajstić information content (AvgIpc) is 3.33. The molecule has 2 aliphatic rings. The number of hydrogen-bond acceptors (Lipinski definition) is 3. The first-order valence-electron chi connectivity index (χ1n) is 10.3. The summed E-state index contributed by atoms with van der Waals surface area (Å²) in [6, 6.07) is 7.95. The molecule has 0 spiro atoms. The number of aromatic amines is 1. The number of alkyl carbamates (subject to hydrolysis) is 1. The van der Waals surface area contributed by atoms with Crippen LogP contribution in [-0.4, -0.2) is 36.4 Å². The summed E-state index contributed by atoms with van der Waals surface area (Å²) in [6.45, 7) is 1.10. The zero-order chi connectivity index (χ0) is 21.5. The van der Waals surface area contributed by atoms with Gasteiger partial charge in [-0.1, -0.05) is 0 Å². The first kappa shape index (κ1) is 19.9. The molecule has 2 N–H and O–H groups in total. The zero-order valence-corrected chi connectivity index (χ0v) is 16.6. The van der Waals surface area contributed by atoms with Crippen molar-refractivity contribution in [2.75, 3.05) is 13.2 Å². The predicted molar refractivity (Wildman–Crippen MR) is 108 cm³/mol. The molecule has 162 valence electrons. The van der Waals surface area contributed by atoms with E-state index in [1.807, 2.05) is 0 Å².